The molecule has 0 saturated heterocycles. The zero-order valence-electron chi connectivity index (χ0n) is 19.3. The summed E-state index contributed by atoms with van der Waals surface area (Å²) in [5.41, 5.74) is 2.05. The Morgan fingerprint density at radius 1 is 1.06 bits per heavy atom. The molecular weight excluding hydrogens is 442 g/mol. The summed E-state index contributed by atoms with van der Waals surface area (Å²) >= 11 is 0. The predicted octanol–water partition coefficient (Wildman–Crippen LogP) is 4.84. The maximum atomic E-state index is 12.7. The number of aromatic nitrogens is 4. The van der Waals surface area contributed by atoms with Crippen LogP contribution in [0.4, 0.5) is 0 Å². The zero-order chi connectivity index (χ0) is 24.2. The lowest BCUT2D eigenvalue weighted by molar-refractivity contribution is 0.0724. The monoisotopic (exact) mass is 465 g/mol. The number of pyridine rings is 1. The van der Waals surface area contributed by atoms with E-state index in [0.717, 1.165) is 43.4 Å². The third-order valence-electron chi connectivity index (χ3n) is 5.98. The van der Waals surface area contributed by atoms with Gasteiger partial charge in [0.15, 0.2) is 17.3 Å². The van der Waals surface area contributed by atoms with Crippen LogP contribution >= 0.6 is 0 Å². The number of aryl methyl sites for hydroxylation is 1. The minimum absolute atomic E-state index is 0.203. The molecule has 0 spiro atoms. The maximum absolute atomic E-state index is 12.7. The fourth-order valence-electron chi connectivity index (χ4n) is 4.19. The van der Waals surface area contributed by atoms with Crippen LogP contribution in [0.1, 0.15) is 47.0 Å². The third-order valence-corrected chi connectivity index (χ3v) is 5.98. The van der Waals surface area contributed by atoms with E-state index in [-0.39, 0.29) is 11.4 Å². The molecule has 2 aromatic heterocycles. The van der Waals surface area contributed by atoms with Crippen molar-refractivity contribution >= 4 is 28.5 Å². The van der Waals surface area contributed by atoms with E-state index in [9.17, 15) is 10.1 Å². The number of fused-ring (bicyclic) bond motifs is 2. The number of nitrogens with zero attached hydrogens (tertiary/aromatic N) is 5. The van der Waals surface area contributed by atoms with E-state index in [1.807, 2.05) is 34.9 Å². The van der Waals surface area contributed by atoms with Crippen LogP contribution in [0.2, 0.25) is 0 Å². The van der Waals surface area contributed by atoms with E-state index in [0.29, 0.717) is 28.2 Å². The van der Waals surface area contributed by atoms with E-state index in [2.05, 4.69) is 21.3 Å². The first-order valence-electron chi connectivity index (χ1n) is 11.5. The maximum Gasteiger partial charge on any atom is 0.362 e. The Bertz CT molecular complexity index is 1480. The van der Waals surface area contributed by atoms with Crippen LogP contribution in [0.15, 0.2) is 54.6 Å². The van der Waals surface area contributed by atoms with Crippen LogP contribution in [-0.4, -0.2) is 32.8 Å². The Balaban J connectivity index is 1.40. The first kappa shape index (κ1) is 22.3. The van der Waals surface area contributed by atoms with Gasteiger partial charge < -0.3 is 14.0 Å². The molecule has 0 unspecified atom stereocenters. The lowest BCUT2D eigenvalue weighted by Crippen LogP contribution is -2.11. The second-order valence-corrected chi connectivity index (χ2v) is 8.26. The van der Waals surface area contributed by atoms with Gasteiger partial charge >= 0.3 is 5.97 Å². The normalized spacial score (nSPS) is 13.5. The molecule has 1 aliphatic heterocycles. The standard InChI is InChI=1S/C27H23N5O3/c1-34-24-16-18(15-20(17-28)26-31-30-25-9-3-2-6-14-32(25)26)10-13-23(24)35-27(33)22-12-11-19-7-4-5-8-21(19)29-22/h4-5,7-8,10-13,15-16H,2-3,6,9,14H2,1H3/b20-15+. The highest BCUT2D eigenvalue weighted by Crippen LogP contribution is 2.31. The molecule has 8 nitrogen and oxygen atoms in total. The highest BCUT2D eigenvalue weighted by molar-refractivity contribution is 5.93. The lowest BCUT2D eigenvalue weighted by Gasteiger charge is -2.10. The molecule has 0 amide bonds. The number of benzene rings is 2. The smallest absolute Gasteiger partial charge is 0.362 e. The highest BCUT2D eigenvalue weighted by atomic mass is 16.6. The van der Waals surface area contributed by atoms with Gasteiger partial charge in [-0.1, -0.05) is 36.8 Å². The van der Waals surface area contributed by atoms with E-state index in [4.69, 9.17) is 9.47 Å². The summed E-state index contributed by atoms with van der Waals surface area (Å²) in [4.78, 5) is 17.1. The molecule has 0 bridgehead atoms. The molecule has 35 heavy (non-hydrogen) atoms. The second kappa shape index (κ2) is 9.77. The average molecular weight is 466 g/mol. The van der Waals surface area contributed by atoms with Crippen LogP contribution in [0.3, 0.4) is 0 Å². The van der Waals surface area contributed by atoms with Crippen LogP contribution in [0, 0.1) is 11.3 Å². The summed E-state index contributed by atoms with van der Waals surface area (Å²) in [6.07, 6.45) is 5.86. The van der Waals surface area contributed by atoms with Gasteiger partial charge in [0.25, 0.3) is 0 Å². The number of ether oxygens (including phenoxy) is 2. The predicted molar refractivity (Wildman–Crippen MR) is 131 cm³/mol. The largest absolute Gasteiger partial charge is 0.493 e. The highest BCUT2D eigenvalue weighted by Gasteiger charge is 2.19. The molecule has 1 aliphatic rings. The Kier molecular flexibility index (Phi) is 6.22. The molecule has 5 rings (SSSR count). The van der Waals surface area contributed by atoms with Crippen LogP contribution in [0.25, 0.3) is 22.6 Å². The number of methoxy groups -OCH3 is 1. The lowest BCUT2D eigenvalue weighted by atomic mass is 10.1. The molecule has 0 radical (unpaired) electrons. The molecule has 2 aromatic carbocycles. The van der Waals surface area contributed by atoms with Crippen molar-refractivity contribution in [3.63, 3.8) is 0 Å². The molecule has 0 saturated carbocycles. The van der Waals surface area contributed by atoms with E-state index < -0.39 is 5.97 Å². The van der Waals surface area contributed by atoms with Crippen molar-refractivity contribution in [2.24, 2.45) is 0 Å². The summed E-state index contributed by atoms with van der Waals surface area (Å²) < 4.78 is 13.1. The van der Waals surface area contributed by atoms with Crippen molar-refractivity contribution < 1.29 is 14.3 Å². The molecule has 4 aromatic rings. The average Bonchev–Trinajstić information content (AvgIpc) is 3.14. The Labute approximate surface area is 202 Å². The van der Waals surface area contributed by atoms with Crippen LogP contribution in [0.5, 0.6) is 11.5 Å². The molecular formula is C27H23N5O3. The Hall–Kier alpha value is -4.51. The van der Waals surface area contributed by atoms with Gasteiger partial charge in [-0.15, -0.1) is 10.2 Å². The Morgan fingerprint density at radius 2 is 1.94 bits per heavy atom. The van der Waals surface area contributed by atoms with Gasteiger partial charge in [-0.25, -0.2) is 9.78 Å². The first-order valence-corrected chi connectivity index (χ1v) is 11.5. The first-order chi connectivity index (χ1) is 17.2. The van der Waals surface area contributed by atoms with E-state index in [1.54, 1.807) is 30.3 Å². The minimum Gasteiger partial charge on any atom is -0.493 e. The number of esters is 1. The van der Waals surface area contributed by atoms with Crippen molar-refractivity contribution in [2.75, 3.05) is 7.11 Å². The number of para-hydroxylation sites is 1. The van der Waals surface area contributed by atoms with Gasteiger partial charge in [0, 0.05) is 18.4 Å². The number of nitriles is 1. The van der Waals surface area contributed by atoms with Gasteiger partial charge in [-0.2, -0.15) is 5.26 Å². The van der Waals surface area contributed by atoms with Crippen molar-refractivity contribution in [1.29, 1.82) is 5.26 Å². The number of allylic oxidation sites excluding steroid dienone is 1. The van der Waals surface area contributed by atoms with Crippen molar-refractivity contribution in [1.82, 2.24) is 19.7 Å². The summed E-state index contributed by atoms with van der Waals surface area (Å²) in [5, 5.41) is 19.3. The molecule has 8 heteroatoms. The Morgan fingerprint density at radius 3 is 2.80 bits per heavy atom. The third kappa shape index (κ3) is 4.62. The van der Waals surface area contributed by atoms with Crippen LogP contribution < -0.4 is 9.47 Å². The molecule has 3 heterocycles. The topological polar surface area (TPSA) is 103 Å². The fraction of sp³-hybridized carbons (Fsp3) is 0.222. The number of carbonyl (C=O) groups is 1. The van der Waals surface area contributed by atoms with Crippen molar-refractivity contribution in [3.05, 3.63) is 77.5 Å². The SMILES string of the molecule is COc1cc(/C=C(\C#N)c2nnc3n2CCCCC3)ccc1OC(=O)c1ccc2ccccc2n1. The van der Waals surface area contributed by atoms with Crippen molar-refractivity contribution in [2.45, 2.75) is 32.2 Å². The molecule has 0 aliphatic carbocycles. The summed E-state index contributed by atoms with van der Waals surface area (Å²) in [5.74, 6) is 1.54. The quantitative estimate of drug-likeness (QED) is 0.236. The number of hydrogen-bond donors (Lipinski definition) is 0. The van der Waals surface area contributed by atoms with Gasteiger partial charge in [0.05, 0.1) is 18.2 Å². The summed E-state index contributed by atoms with van der Waals surface area (Å²) in [6, 6.07) is 18.4. The fourth-order valence-corrected chi connectivity index (χ4v) is 4.19. The van der Waals surface area contributed by atoms with Gasteiger partial charge in [0.1, 0.15) is 17.6 Å². The van der Waals surface area contributed by atoms with Gasteiger partial charge in [-0.3, -0.25) is 0 Å². The summed E-state index contributed by atoms with van der Waals surface area (Å²) in [6.45, 7) is 0.803. The van der Waals surface area contributed by atoms with Crippen LogP contribution in [-0.2, 0) is 13.0 Å². The van der Waals surface area contributed by atoms with E-state index in [1.165, 1.54) is 7.11 Å². The molecule has 0 N–H and O–H groups in total. The molecule has 0 fully saturated rings. The minimum atomic E-state index is -0.582. The van der Waals surface area contributed by atoms with E-state index >= 15 is 0 Å². The van der Waals surface area contributed by atoms with Crippen molar-refractivity contribution in [3.8, 4) is 17.6 Å². The molecule has 0 atom stereocenters. The number of carbonyl (C=O) groups excluding carboxylic acids is 1. The second-order valence-electron chi connectivity index (χ2n) is 8.26. The van der Waals surface area contributed by atoms with Gasteiger partial charge in [-0.05, 0) is 48.7 Å². The molecule has 174 valence electrons. The number of rotatable bonds is 5. The number of hydrogen-bond acceptors (Lipinski definition) is 7. The summed E-state index contributed by atoms with van der Waals surface area (Å²) in [7, 11) is 1.50. The van der Waals surface area contributed by atoms with Gasteiger partial charge in [0.2, 0.25) is 0 Å². The zero-order valence-corrected chi connectivity index (χ0v) is 19.3.